The summed E-state index contributed by atoms with van der Waals surface area (Å²) in [4.78, 5) is 22.4. The summed E-state index contributed by atoms with van der Waals surface area (Å²) in [6, 6.07) is 0. The molecular weight excluding hydrogens is 218 g/mol. The minimum atomic E-state index is -0.869. The van der Waals surface area contributed by atoms with Gasteiger partial charge < -0.3 is 20.2 Å². The van der Waals surface area contributed by atoms with E-state index in [2.05, 4.69) is 10.1 Å². The lowest BCUT2D eigenvalue weighted by molar-refractivity contribution is -0.403. The molecule has 86 valence electrons. The van der Waals surface area contributed by atoms with Crippen molar-refractivity contribution in [3.63, 3.8) is 0 Å². The topological polar surface area (TPSA) is 117 Å². The molecule has 0 radical (unpaired) electrons. The fourth-order valence-corrected chi connectivity index (χ4v) is 0.926. The first-order chi connectivity index (χ1) is 7.41. The van der Waals surface area contributed by atoms with Crippen molar-refractivity contribution >= 4 is 11.9 Å². The second-order valence-corrected chi connectivity index (χ2v) is 3.19. The number of nitrogens with zero attached hydrogens (tertiary/aromatic N) is 5. The first-order valence-corrected chi connectivity index (χ1v) is 4.29. The van der Waals surface area contributed by atoms with E-state index in [4.69, 9.17) is 0 Å². The predicted octanol–water partition coefficient (Wildman–Crippen LogP) is 1.06. The second kappa shape index (κ2) is 4.47. The van der Waals surface area contributed by atoms with Gasteiger partial charge in [0, 0.05) is 4.98 Å². The Kier molecular flexibility index (Phi) is 3.28. The van der Waals surface area contributed by atoms with E-state index in [-0.39, 0.29) is 6.54 Å². The predicted molar refractivity (Wildman–Crippen MR) is 52.8 cm³/mol. The van der Waals surface area contributed by atoms with Crippen LogP contribution >= 0.6 is 0 Å². The van der Waals surface area contributed by atoms with Crippen molar-refractivity contribution in [1.29, 1.82) is 0 Å². The molecule has 0 unspecified atom stereocenters. The Bertz CT molecular complexity index is 459. The Morgan fingerprint density at radius 1 is 1.38 bits per heavy atom. The maximum atomic E-state index is 10.5. The van der Waals surface area contributed by atoms with E-state index < -0.39 is 21.7 Å². The average Bonchev–Trinajstić information content (AvgIpc) is 2.58. The largest absolute Gasteiger partial charge is 0.508 e. The summed E-state index contributed by atoms with van der Waals surface area (Å²) in [5.41, 5.74) is 0.924. The molecular formula is C7H9N5O4. The van der Waals surface area contributed by atoms with Gasteiger partial charge in [-0.05, 0) is 29.8 Å². The number of hydrogen-bond acceptors (Lipinski definition) is 6. The van der Waals surface area contributed by atoms with Crippen molar-refractivity contribution in [3.8, 4) is 0 Å². The number of nitro groups is 2. The maximum Gasteiger partial charge on any atom is 0.508 e. The van der Waals surface area contributed by atoms with Crippen LogP contribution in [0.5, 0.6) is 0 Å². The van der Waals surface area contributed by atoms with Gasteiger partial charge in [-0.25, -0.2) is 0 Å². The highest BCUT2D eigenvalue weighted by Gasteiger charge is 2.27. The monoisotopic (exact) mass is 227 g/mol. The molecule has 0 saturated heterocycles. The highest BCUT2D eigenvalue weighted by atomic mass is 16.6. The summed E-state index contributed by atoms with van der Waals surface area (Å²) in [5, 5.41) is 24.3. The molecule has 0 aromatic carbocycles. The van der Waals surface area contributed by atoms with E-state index in [1.54, 1.807) is 19.9 Å². The molecule has 0 atom stereocenters. The van der Waals surface area contributed by atoms with Crippen molar-refractivity contribution < 1.29 is 9.85 Å². The molecule has 0 bridgehead atoms. The normalized spacial score (nSPS) is 9.88. The SMILES string of the molecule is CC(C)=CCn1nc([N+](=O)[O-])nc1[N+](=O)[O-]. The summed E-state index contributed by atoms with van der Waals surface area (Å²) >= 11 is 0. The third kappa shape index (κ3) is 2.59. The third-order valence-electron chi connectivity index (χ3n) is 1.64. The number of hydrogen-bond donors (Lipinski definition) is 0. The van der Waals surface area contributed by atoms with Gasteiger partial charge in [0.15, 0.2) is 0 Å². The zero-order chi connectivity index (χ0) is 12.3. The zero-order valence-corrected chi connectivity index (χ0v) is 8.65. The Labute approximate surface area is 89.7 Å². The number of aromatic nitrogens is 3. The van der Waals surface area contributed by atoms with E-state index in [1.807, 2.05) is 0 Å². The molecule has 0 spiro atoms. The van der Waals surface area contributed by atoms with Crippen LogP contribution in [0.15, 0.2) is 11.6 Å². The maximum absolute atomic E-state index is 10.5. The van der Waals surface area contributed by atoms with Gasteiger partial charge in [-0.2, -0.15) is 0 Å². The lowest BCUT2D eigenvalue weighted by atomic mass is 10.3. The summed E-state index contributed by atoms with van der Waals surface area (Å²) in [7, 11) is 0. The molecule has 9 heteroatoms. The molecule has 0 amide bonds. The highest BCUT2D eigenvalue weighted by Crippen LogP contribution is 2.13. The van der Waals surface area contributed by atoms with E-state index in [9.17, 15) is 20.2 Å². The van der Waals surface area contributed by atoms with Crippen LogP contribution in [-0.4, -0.2) is 24.6 Å². The van der Waals surface area contributed by atoms with Crippen LogP contribution in [-0.2, 0) is 6.54 Å². The molecule has 0 saturated carbocycles. The minimum absolute atomic E-state index is 0.0828. The van der Waals surface area contributed by atoms with Crippen molar-refractivity contribution in [3.05, 3.63) is 31.9 Å². The molecule has 0 fully saturated rings. The molecule has 0 N–H and O–H groups in total. The van der Waals surface area contributed by atoms with Gasteiger partial charge in [-0.15, -0.1) is 0 Å². The molecule has 0 aliphatic heterocycles. The van der Waals surface area contributed by atoms with Gasteiger partial charge in [0.05, 0.1) is 5.10 Å². The summed E-state index contributed by atoms with van der Waals surface area (Å²) in [6.45, 7) is 3.69. The molecule has 0 aliphatic rings. The van der Waals surface area contributed by atoms with Crippen LogP contribution in [0.4, 0.5) is 11.9 Å². The van der Waals surface area contributed by atoms with Crippen LogP contribution in [0.1, 0.15) is 13.8 Å². The molecule has 1 aromatic heterocycles. The van der Waals surface area contributed by atoms with Crippen molar-refractivity contribution in [2.75, 3.05) is 0 Å². The van der Waals surface area contributed by atoms with Crippen molar-refractivity contribution in [1.82, 2.24) is 14.8 Å². The van der Waals surface area contributed by atoms with Gasteiger partial charge >= 0.3 is 11.9 Å². The Hall–Kier alpha value is -2.32. The Balaban J connectivity index is 3.10. The standard InChI is InChI=1S/C7H9N5O4/c1-5(2)3-4-10-7(12(15)16)8-6(9-10)11(13)14/h3H,4H2,1-2H3. The van der Waals surface area contributed by atoms with Gasteiger partial charge in [-0.3, -0.25) is 0 Å². The number of allylic oxidation sites excluding steroid dienone is 2. The highest BCUT2D eigenvalue weighted by molar-refractivity contribution is 5.15. The van der Waals surface area contributed by atoms with Crippen LogP contribution < -0.4 is 0 Å². The first-order valence-electron chi connectivity index (χ1n) is 4.29. The van der Waals surface area contributed by atoms with Gasteiger partial charge in [0.1, 0.15) is 6.54 Å². The minimum Gasteiger partial charge on any atom is -0.390 e. The van der Waals surface area contributed by atoms with E-state index in [0.29, 0.717) is 0 Å². The van der Waals surface area contributed by atoms with Gasteiger partial charge in [-0.1, -0.05) is 10.3 Å². The fourth-order valence-electron chi connectivity index (χ4n) is 0.926. The molecule has 1 heterocycles. The third-order valence-corrected chi connectivity index (χ3v) is 1.64. The van der Waals surface area contributed by atoms with Crippen molar-refractivity contribution in [2.45, 2.75) is 20.4 Å². The quantitative estimate of drug-likeness (QED) is 0.431. The summed E-state index contributed by atoms with van der Waals surface area (Å²) in [5.74, 6) is -1.40. The zero-order valence-electron chi connectivity index (χ0n) is 8.65. The fraction of sp³-hybridized carbons (Fsp3) is 0.429. The number of rotatable bonds is 4. The lowest BCUT2D eigenvalue weighted by Gasteiger charge is -1.92. The summed E-state index contributed by atoms with van der Waals surface area (Å²) in [6.07, 6.45) is 1.66. The van der Waals surface area contributed by atoms with Crippen molar-refractivity contribution in [2.24, 2.45) is 0 Å². The van der Waals surface area contributed by atoms with Gasteiger partial charge in [0.2, 0.25) is 0 Å². The van der Waals surface area contributed by atoms with Crippen LogP contribution in [0, 0.1) is 20.2 Å². The molecule has 1 aromatic rings. The van der Waals surface area contributed by atoms with Crippen LogP contribution in [0.25, 0.3) is 0 Å². The second-order valence-electron chi connectivity index (χ2n) is 3.19. The molecule has 9 nitrogen and oxygen atoms in total. The Morgan fingerprint density at radius 2 is 2.00 bits per heavy atom. The van der Waals surface area contributed by atoms with Gasteiger partial charge in [0.25, 0.3) is 0 Å². The lowest BCUT2D eigenvalue weighted by Crippen LogP contribution is -2.04. The van der Waals surface area contributed by atoms with Crippen LogP contribution in [0.3, 0.4) is 0 Å². The van der Waals surface area contributed by atoms with Crippen LogP contribution in [0.2, 0.25) is 0 Å². The smallest absolute Gasteiger partial charge is 0.390 e. The molecule has 0 aliphatic carbocycles. The Morgan fingerprint density at radius 3 is 2.44 bits per heavy atom. The van der Waals surface area contributed by atoms with E-state index >= 15 is 0 Å². The molecule has 16 heavy (non-hydrogen) atoms. The summed E-state index contributed by atoms with van der Waals surface area (Å²) < 4.78 is 0.880. The average molecular weight is 227 g/mol. The first kappa shape index (κ1) is 11.8. The van der Waals surface area contributed by atoms with E-state index in [1.165, 1.54) is 0 Å². The van der Waals surface area contributed by atoms with E-state index in [0.717, 1.165) is 10.3 Å². The molecule has 1 rings (SSSR count).